The second kappa shape index (κ2) is 5.48. The molecule has 0 aromatic carbocycles. The summed E-state index contributed by atoms with van der Waals surface area (Å²) in [7, 11) is 0. The predicted molar refractivity (Wildman–Crippen MR) is 67.6 cm³/mol. The van der Waals surface area contributed by atoms with Crippen LogP contribution >= 0.6 is 11.3 Å². The van der Waals surface area contributed by atoms with E-state index in [4.69, 9.17) is 0 Å². The molecule has 1 aromatic rings. The van der Waals surface area contributed by atoms with Crippen molar-refractivity contribution in [3.8, 4) is 0 Å². The smallest absolute Gasteiger partial charge is 0.222 e. The Labute approximate surface area is 101 Å². The molecule has 0 atom stereocenters. The molecule has 1 fully saturated rings. The number of carbonyl (C=O) groups is 1. The summed E-state index contributed by atoms with van der Waals surface area (Å²) in [6.07, 6.45) is 3.91. The molecule has 2 heterocycles. The Bertz CT molecular complexity index is 326. The van der Waals surface area contributed by atoms with Gasteiger partial charge >= 0.3 is 0 Å². The number of piperidine rings is 1. The second-order valence-corrected chi connectivity index (χ2v) is 5.47. The van der Waals surface area contributed by atoms with Gasteiger partial charge < -0.3 is 4.90 Å². The van der Waals surface area contributed by atoms with Crippen LogP contribution < -0.4 is 0 Å². The zero-order chi connectivity index (χ0) is 11.4. The maximum Gasteiger partial charge on any atom is 0.222 e. The van der Waals surface area contributed by atoms with Crippen molar-refractivity contribution >= 4 is 17.2 Å². The minimum absolute atomic E-state index is 0.332. The van der Waals surface area contributed by atoms with E-state index in [1.54, 1.807) is 11.3 Å². The highest BCUT2D eigenvalue weighted by Gasteiger charge is 2.19. The van der Waals surface area contributed by atoms with Gasteiger partial charge in [0, 0.05) is 19.5 Å². The highest BCUT2D eigenvalue weighted by molar-refractivity contribution is 7.07. The van der Waals surface area contributed by atoms with Crippen molar-refractivity contribution in [3.63, 3.8) is 0 Å². The van der Waals surface area contributed by atoms with E-state index in [2.05, 4.69) is 23.8 Å². The van der Waals surface area contributed by atoms with Crippen LogP contribution in [0.25, 0.3) is 0 Å². The van der Waals surface area contributed by atoms with Crippen molar-refractivity contribution < 1.29 is 4.79 Å². The minimum Gasteiger partial charge on any atom is -0.343 e. The van der Waals surface area contributed by atoms with Crippen LogP contribution in [0.4, 0.5) is 0 Å². The fourth-order valence-electron chi connectivity index (χ4n) is 2.10. The SMILES string of the molecule is CC1CCN(C(=O)CCc2ccsc2)CC1. The van der Waals surface area contributed by atoms with E-state index in [-0.39, 0.29) is 0 Å². The first kappa shape index (κ1) is 11.6. The summed E-state index contributed by atoms with van der Waals surface area (Å²) in [6, 6.07) is 2.11. The number of rotatable bonds is 3. The Balaban J connectivity index is 1.75. The molecule has 2 rings (SSSR count). The molecular weight excluding hydrogens is 218 g/mol. The Morgan fingerprint density at radius 2 is 2.25 bits per heavy atom. The molecule has 0 bridgehead atoms. The monoisotopic (exact) mass is 237 g/mol. The van der Waals surface area contributed by atoms with E-state index in [0.717, 1.165) is 25.4 Å². The first-order chi connectivity index (χ1) is 7.75. The molecule has 1 amide bonds. The van der Waals surface area contributed by atoms with E-state index in [1.165, 1.54) is 18.4 Å². The number of thiophene rings is 1. The second-order valence-electron chi connectivity index (χ2n) is 4.69. The molecule has 1 aliphatic heterocycles. The molecular formula is C13H19NOS. The van der Waals surface area contributed by atoms with Gasteiger partial charge in [-0.25, -0.2) is 0 Å². The van der Waals surface area contributed by atoms with E-state index in [9.17, 15) is 4.79 Å². The third kappa shape index (κ3) is 3.08. The lowest BCUT2D eigenvalue weighted by Crippen LogP contribution is -2.37. The van der Waals surface area contributed by atoms with Gasteiger partial charge in [0.25, 0.3) is 0 Å². The van der Waals surface area contributed by atoms with Crippen LogP contribution in [-0.4, -0.2) is 23.9 Å². The lowest BCUT2D eigenvalue weighted by Gasteiger charge is -2.30. The van der Waals surface area contributed by atoms with Crippen LogP contribution in [0.1, 0.15) is 31.7 Å². The Hall–Kier alpha value is -0.830. The highest BCUT2D eigenvalue weighted by atomic mass is 32.1. The van der Waals surface area contributed by atoms with Crippen molar-refractivity contribution in [1.29, 1.82) is 0 Å². The average molecular weight is 237 g/mol. The number of carbonyl (C=O) groups excluding carboxylic acids is 1. The largest absolute Gasteiger partial charge is 0.343 e. The maximum atomic E-state index is 11.9. The third-order valence-electron chi connectivity index (χ3n) is 3.34. The number of amides is 1. The molecule has 0 spiro atoms. The quantitative estimate of drug-likeness (QED) is 0.791. The zero-order valence-electron chi connectivity index (χ0n) is 9.82. The molecule has 88 valence electrons. The molecule has 0 saturated carbocycles. The molecule has 0 aliphatic carbocycles. The van der Waals surface area contributed by atoms with Gasteiger partial charge in [-0.15, -0.1) is 0 Å². The molecule has 16 heavy (non-hydrogen) atoms. The van der Waals surface area contributed by atoms with Gasteiger partial charge in [0.05, 0.1) is 0 Å². The summed E-state index contributed by atoms with van der Waals surface area (Å²) in [5, 5.41) is 4.20. The summed E-state index contributed by atoms with van der Waals surface area (Å²) in [5.74, 6) is 1.12. The maximum absolute atomic E-state index is 11.9. The van der Waals surface area contributed by atoms with Gasteiger partial charge in [0.1, 0.15) is 0 Å². The molecule has 0 radical (unpaired) electrons. The molecule has 1 aromatic heterocycles. The first-order valence-corrected chi connectivity index (χ1v) is 6.99. The summed E-state index contributed by atoms with van der Waals surface area (Å²) in [5.41, 5.74) is 1.30. The van der Waals surface area contributed by atoms with Gasteiger partial charge in [-0.3, -0.25) is 4.79 Å². The van der Waals surface area contributed by atoms with Crippen molar-refractivity contribution in [2.75, 3.05) is 13.1 Å². The van der Waals surface area contributed by atoms with E-state index in [1.807, 2.05) is 4.90 Å². The van der Waals surface area contributed by atoms with Crippen LogP contribution in [0.3, 0.4) is 0 Å². The van der Waals surface area contributed by atoms with Gasteiger partial charge in [0.15, 0.2) is 0 Å². The summed E-state index contributed by atoms with van der Waals surface area (Å²) in [6.45, 7) is 4.19. The minimum atomic E-state index is 0.332. The Morgan fingerprint density at radius 3 is 2.88 bits per heavy atom. The van der Waals surface area contributed by atoms with Crippen LogP contribution in [0.2, 0.25) is 0 Å². The highest BCUT2D eigenvalue weighted by Crippen LogP contribution is 2.17. The van der Waals surface area contributed by atoms with E-state index < -0.39 is 0 Å². The molecule has 1 saturated heterocycles. The van der Waals surface area contributed by atoms with Gasteiger partial charge in [-0.05, 0) is 47.6 Å². The predicted octanol–water partition coefficient (Wildman–Crippen LogP) is 2.94. The molecule has 0 N–H and O–H groups in total. The molecule has 3 heteroatoms. The van der Waals surface area contributed by atoms with Crippen molar-refractivity contribution in [1.82, 2.24) is 4.90 Å². The van der Waals surface area contributed by atoms with Crippen LogP contribution in [-0.2, 0) is 11.2 Å². The number of hydrogen-bond donors (Lipinski definition) is 0. The number of likely N-dealkylation sites (tertiary alicyclic amines) is 1. The van der Waals surface area contributed by atoms with Crippen molar-refractivity contribution in [2.24, 2.45) is 5.92 Å². The Kier molecular flexibility index (Phi) is 3.99. The summed E-state index contributed by atoms with van der Waals surface area (Å²) < 4.78 is 0. The van der Waals surface area contributed by atoms with Crippen LogP contribution in [0, 0.1) is 5.92 Å². The van der Waals surface area contributed by atoms with Gasteiger partial charge in [0.2, 0.25) is 5.91 Å². The van der Waals surface area contributed by atoms with Gasteiger partial charge in [-0.2, -0.15) is 11.3 Å². The fourth-order valence-corrected chi connectivity index (χ4v) is 2.81. The van der Waals surface area contributed by atoms with Crippen molar-refractivity contribution in [2.45, 2.75) is 32.6 Å². The summed E-state index contributed by atoms with van der Waals surface area (Å²) >= 11 is 1.70. The normalized spacial score (nSPS) is 17.7. The number of aryl methyl sites for hydroxylation is 1. The van der Waals surface area contributed by atoms with E-state index >= 15 is 0 Å². The van der Waals surface area contributed by atoms with Crippen LogP contribution in [0.5, 0.6) is 0 Å². The average Bonchev–Trinajstić information content (AvgIpc) is 2.80. The molecule has 1 aliphatic rings. The molecule has 2 nitrogen and oxygen atoms in total. The first-order valence-electron chi connectivity index (χ1n) is 6.04. The topological polar surface area (TPSA) is 20.3 Å². The number of nitrogens with zero attached hydrogens (tertiary/aromatic N) is 1. The fraction of sp³-hybridized carbons (Fsp3) is 0.615. The molecule has 0 unspecified atom stereocenters. The standard InChI is InChI=1S/C13H19NOS/c1-11-4-7-14(8-5-11)13(15)3-2-12-6-9-16-10-12/h6,9-11H,2-5,7-8H2,1H3. The Morgan fingerprint density at radius 1 is 1.50 bits per heavy atom. The van der Waals surface area contributed by atoms with Gasteiger partial charge in [-0.1, -0.05) is 6.92 Å². The van der Waals surface area contributed by atoms with E-state index in [0.29, 0.717) is 12.3 Å². The van der Waals surface area contributed by atoms with Crippen LogP contribution in [0.15, 0.2) is 16.8 Å². The summed E-state index contributed by atoms with van der Waals surface area (Å²) in [4.78, 5) is 14.0. The van der Waals surface area contributed by atoms with Crippen molar-refractivity contribution in [3.05, 3.63) is 22.4 Å². The lowest BCUT2D eigenvalue weighted by molar-refractivity contribution is -0.132. The number of hydrogen-bond acceptors (Lipinski definition) is 2. The third-order valence-corrected chi connectivity index (χ3v) is 4.08. The lowest BCUT2D eigenvalue weighted by atomic mass is 9.99. The zero-order valence-corrected chi connectivity index (χ0v) is 10.6.